The lowest BCUT2D eigenvalue weighted by Crippen LogP contribution is -2.52. The van der Waals surface area contributed by atoms with Crippen LogP contribution >= 0.6 is 11.6 Å². The average molecular weight is 676 g/mol. The molecule has 0 aliphatic carbocycles. The van der Waals surface area contributed by atoms with E-state index in [9.17, 15) is 18.0 Å². The van der Waals surface area contributed by atoms with Crippen LogP contribution in [0.5, 0.6) is 23.0 Å². The van der Waals surface area contributed by atoms with Gasteiger partial charge in [-0.05, 0) is 60.4 Å². The SMILES string of the molecule is CC[C@@H](C(=O)NCC(C)C)N(Cc1ccc(OC)cc1)C(=O)CN(c1cc(Cl)ccc1OC)S(=O)(=O)c1ccc(OC)c(OC)c1. The minimum atomic E-state index is -4.45. The van der Waals surface area contributed by atoms with Crippen molar-refractivity contribution >= 4 is 39.1 Å². The topological polar surface area (TPSA) is 124 Å². The number of methoxy groups -OCH3 is 4. The number of amides is 2. The molecule has 0 saturated carbocycles. The third kappa shape index (κ3) is 8.76. The van der Waals surface area contributed by atoms with Crippen LogP contribution in [0, 0.1) is 5.92 Å². The summed E-state index contributed by atoms with van der Waals surface area (Å²) >= 11 is 6.33. The van der Waals surface area contributed by atoms with Gasteiger partial charge in [0.15, 0.2) is 11.5 Å². The van der Waals surface area contributed by atoms with Gasteiger partial charge in [-0.25, -0.2) is 8.42 Å². The second-order valence-corrected chi connectivity index (χ2v) is 13.1. The minimum absolute atomic E-state index is 0.0351. The zero-order chi connectivity index (χ0) is 34.0. The van der Waals surface area contributed by atoms with Crippen molar-refractivity contribution in [2.24, 2.45) is 5.92 Å². The molecule has 0 spiro atoms. The molecule has 250 valence electrons. The van der Waals surface area contributed by atoms with Gasteiger partial charge < -0.3 is 29.2 Å². The van der Waals surface area contributed by atoms with Crippen LogP contribution in [0.15, 0.2) is 65.6 Å². The van der Waals surface area contributed by atoms with Crippen molar-refractivity contribution in [3.63, 3.8) is 0 Å². The number of ether oxygens (including phenoxy) is 4. The van der Waals surface area contributed by atoms with E-state index in [2.05, 4.69) is 5.32 Å². The highest BCUT2D eigenvalue weighted by Gasteiger charge is 2.35. The molecule has 0 unspecified atom stereocenters. The minimum Gasteiger partial charge on any atom is -0.497 e. The summed E-state index contributed by atoms with van der Waals surface area (Å²) in [4.78, 5) is 29.1. The van der Waals surface area contributed by atoms with Crippen LogP contribution in [0.25, 0.3) is 0 Å². The summed E-state index contributed by atoms with van der Waals surface area (Å²) in [5.74, 6) is 0.536. The number of nitrogens with zero attached hydrogens (tertiary/aromatic N) is 2. The first-order valence-electron chi connectivity index (χ1n) is 14.7. The fourth-order valence-electron chi connectivity index (χ4n) is 4.75. The molecule has 0 fully saturated rings. The van der Waals surface area contributed by atoms with Crippen LogP contribution in [-0.2, 0) is 26.2 Å². The first-order chi connectivity index (χ1) is 21.9. The van der Waals surface area contributed by atoms with Crippen molar-refractivity contribution in [1.82, 2.24) is 10.2 Å². The molecular weight excluding hydrogens is 634 g/mol. The smallest absolute Gasteiger partial charge is 0.265 e. The Bertz CT molecular complexity index is 1600. The van der Waals surface area contributed by atoms with Gasteiger partial charge in [0.1, 0.15) is 24.1 Å². The largest absolute Gasteiger partial charge is 0.497 e. The Hall–Kier alpha value is -4.16. The van der Waals surface area contributed by atoms with Crippen LogP contribution in [0.2, 0.25) is 5.02 Å². The first-order valence-corrected chi connectivity index (χ1v) is 16.5. The van der Waals surface area contributed by atoms with Gasteiger partial charge in [0.25, 0.3) is 10.0 Å². The van der Waals surface area contributed by atoms with E-state index < -0.39 is 28.5 Å². The molecule has 0 bridgehead atoms. The van der Waals surface area contributed by atoms with Crippen molar-refractivity contribution in [2.45, 2.75) is 44.7 Å². The van der Waals surface area contributed by atoms with Crippen LogP contribution in [0.4, 0.5) is 5.69 Å². The van der Waals surface area contributed by atoms with Gasteiger partial charge in [-0.15, -0.1) is 0 Å². The van der Waals surface area contributed by atoms with Gasteiger partial charge in [-0.2, -0.15) is 0 Å². The molecule has 1 atom stereocenters. The Morgan fingerprint density at radius 3 is 2.04 bits per heavy atom. The second kappa shape index (κ2) is 16.4. The van der Waals surface area contributed by atoms with Crippen LogP contribution < -0.4 is 28.6 Å². The summed E-state index contributed by atoms with van der Waals surface area (Å²) in [6, 6.07) is 14.8. The Balaban J connectivity index is 2.16. The predicted molar refractivity (Wildman–Crippen MR) is 178 cm³/mol. The molecule has 11 nitrogen and oxygen atoms in total. The van der Waals surface area contributed by atoms with Crippen molar-refractivity contribution in [3.8, 4) is 23.0 Å². The molecule has 0 aromatic heterocycles. The van der Waals surface area contributed by atoms with E-state index in [0.717, 1.165) is 9.87 Å². The Morgan fingerprint density at radius 1 is 0.848 bits per heavy atom. The quantitative estimate of drug-likeness (QED) is 0.221. The Kier molecular flexibility index (Phi) is 13.0. The lowest BCUT2D eigenvalue weighted by Gasteiger charge is -2.33. The van der Waals surface area contributed by atoms with E-state index in [0.29, 0.717) is 18.0 Å². The highest BCUT2D eigenvalue weighted by molar-refractivity contribution is 7.92. The van der Waals surface area contributed by atoms with Gasteiger partial charge in [0, 0.05) is 24.2 Å². The Morgan fingerprint density at radius 2 is 1.48 bits per heavy atom. The zero-order valence-electron chi connectivity index (χ0n) is 27.2. The van der Waals surface area contributed by atoms with E-state index in [1.165, 1.54) is 56.6 Å². The Labute approximate surface area is 276 Å². The van der Waals surface area contributed by atoms with Crippen LogP contribution in [0.1, 0.15) is 32.8 Å². The molecule has 0 aliphatic rings. The summed E-state index contributed by atoms with van der Waals surface area (Å²) in [6.07, 6.45) is 0.286. The maximum Gasteiger partial charge on any atom is 0.265 e. The summed E-state index contributed by atoms with van der Waals surface area (Å²) in [5, 5.41) is 3.14. The highest BCUT2D eigenvalue weighted by Crippen LogP contribution is 2.37. The summed E-state index contributed by atoms with van der Waals surface area (Å²) in [6.45, 7) is 5.52. The molecule has 2 amide bonds. The molecule has 3 rings (SSSR count). The third-order valence-corrected chi connectivity index (χ3v) is 9.20. The maximum absolute atomic E-state index is 14.4. The lowest BCUT2D eigenvalue weighted by molar-refractivity contribution is -0.140. The number of hydrogen-bond donors (Lipinski definition) is 1. The molecular formula is C33H42ClN3O8S. The molecule has 3 aromatic carbocycles. The fraction of sp³-hybridized carbons (Fsp3) is 0.394. The number of nitrogens with one attached hydrogen (secondary N) is 1. The maximum atomic E-state index is 14.4. The monoisotopic (exact) mass is 675 g/mol. The number of rotatable bonds is 16. The predicted octanol–water partition coefficient (Wildman–Crippen LogP) is 5.15. The molecule has 0 saturated heterocycles. The summed E-state index contributed by atoms with van der Waals surface area (Å²) < 4.78 is 51.1. The van der Waals surface area contributed by atoms with Gasteiger partial charge in [0.05, 0.1) is 39.0 Å². The van der Waals surface area contributed by atoms with Gasteiger partial charge >= 0.3 is 0 Å². The first kappa shape index (κ1) is 36.3. The van der Waals surface area contributed by atoms with Crippen LogP contribution in [-0.4, -0.2) is 72.7 Å². The summed E-state index contributed by atoms with van der Waals surface area (Å²) in [5.41, 5.74) is 0.763. The lowest BCUT2D eigenvalue weighted by atomic mass is 10.1. The van der Waals surface area contributed by atoms with Crippen molar-refractivity contribution in [3.05, 3.63) is 71.2 Å². The zero-order valence-corrected chi connectivity index (χ0v) is 28.8. The summed E-state index contributed by atoms with van der Waals surface area (Å²) in [7, 11) is 1.31. The molecule has 1 N–H and O–H groups in total. The van der Waals surface area contributed by atoms with E-state index in [1.54, 1.807) is 44.4 Å². The molecule has 0 aliphatic heterocycles. The number of carbonyl (C=O) groups is 2. The van der Waals surface area contributed by atoms with E-state index in [1.807, 2.05) is 13.8 Å². The molecule has 0 heterocycles. The van der Waals surface area contributed by atoms with E-state index in [-0.39, 0.29) is 51.9 Å². The number of anilines is 1. The van der Waals surface area contributed by atoms with Crippen molar-refractivity contribution < 1.29 is 37.0 Å². The number of benzene rings is 3. The number of halogens is 1. The third-order valence-electron chi connectivity index (χ3n) is 7.21. The average Bonchev–Trinajstić information content (AvgIpc) is 3.05. The standard InChI is InChI=1S/C33H42ClN3O8S/c1-8-27(33(39)35-19-22(2)3)36(20-23-9-12-25(42-4)13-10-23)32(38)21-37(28-17-24(34)11-15-29(28)43-5)46(40,41)26-14-16-30(44-6)31(18-26)45-7/h9-18,22,27H,8,19-21H2,1-7H3,(H,35,39)/t27-/m0/s1. The van der Waals surface area contributed by atoms with Gasteiger partial charge in [-0.3, -0.25) is 13.9 Å². The normalized spacial score (nSPS) is 11.8. The van der Waals surface area contributed by atoms with Crippen molar-refractivity contribution in [2.75, 3.05) is 45.8 Å². The molecule has 13 heteroatoms. The number of carbonyl (C=O) groups excluding carboxylic acids is 2. The van der Waals surface area contributed by atoms with Crippen molar-refractivity contribution in [1.29, 1.82) is 0 Å². The second-order valence-electron chi connectivity index (χ2n) is 10.8. The van der Waals surface area contributed by atoms with E-state index >= 15 is 0 Å². The molecule has 46 heavy (non-hydrogen) atoms. The molecule has 3 aromatic rings. The van der Waals surface area contributed by atoms with Crippen LogP contribution in [0.3, 0.4) is 0 Å². The number of hydrogen-bond acceptors (Lipinski definition) is 8. The van der Waals surface area contributed by atoms with Gasteiger partial charge in [0.2, 0.25) is 11.8 Å². The molecule has 0 radical (unpaired) electrons. The highest BCUT2D eigenvalue weighted by atomic mass is 35.5. The number of sulfonamides is 1. The van der Waals surface area contributed by atoms with Gasteiger partial charge in [-0.1, -0.05) is 44.5 Å². The van der Waals surface area contributed by atoms with E-state index in [4.69, 9.17) is 30.5 Å². The fourth-order valence-corrected chi connectivity index (χ4v) is 6.34.